The largest absolute Gasteiger partial charge is 0.314 e. The highest BCUT2D eigenvalue weighted by molar-refractivity contribution is 5.03. The van der Waals surface area contributed by atoms with Crippen LogP contribution in [0.15, 0.2) is 0 Å². The van der Waals surface area contributed by atoms with Gasteiger partial charge >= 0.3 is 0 Å². The highest BCUT2D eigenvalue weighted by atomic mass is 15.0. The Balaban J connectivity index is 2.05. The third kappa shape index (κ3) is 0.731. The van der Waals surface area contributed by atoms with Crippen LogP contribution in [-0.2, 0) is 0 Å². The molecular formula is C9H17N. The zero-order chi connectivity index (χ0) is 7.19. The van der Waals surface area contributed by atoms with E-state index in [0.717, 1.165) is 17.4 Å². The smallest absolute Gasteiger partial charge is 0.00778 e. The summed E-state index contributed by atoms with van der Waals surface area (Å²) in [6.45, 7) is 6.02. The highest BCUT2D eigenvalue weighted by Gasteiger charge is 2.48. The Bertz CT molecular complexity index is 128. The van der Waals surface area contributed by atoms with E-state index >= 15 is 0 Å². The SMILES string of the molecule is CC(C)C12CCNC(C1)C2. The van der Waals surface area contributed by atoms with E-state index in [1.54, 1.807) is 0 Å². The van der Waals surface area contributed by atoms with Crippen molar-refractivity contribution in [3.05, 3.63) is 0 Å². The first-order valence-electron chi connectivity index (χ1n) is 4.46. The van der Waals surface area contributed by atoms with Crippen molar-refractivity contribution in [3.63, 3.8) is 0 Å². The molecular weight excluding hydrogens is 122 g/mol. The molecule has 1 nitrogen and oxygen atoms in total. The van der Waals surface area contributed by atoms with E-state index in [2.05, 4.69) is 19.2 Å². The molecule has 2 bridgehead atoms. The maximum absolute atomic E-state index is 3.53. The van der Waals surface area contributed by atoms with Crippen LogP contribution in [0.4, 0.5) is 0 Å². The van der Waals surface area contributed by atoms with Crippen molar-refractivity contribution < 1.29 is 0 Å². The Labute approximate surface area is 63.2 Å². The maximum Gasteiger partial charge on any atom is 0.00778 e. The summed E-state index contributed by atoms with van der Waals surface area (Å²) in [5.41, 5.74) is 0.760. The molecule has 3 rings (SSSR count). The zero-order valence-electron chi connectivity index (χ0n) is 6.98. The monoisotopic (exact) mass is 139 g/mol. The predicted octanol–water partition coefficient (Wildman–Crippen LogP) is 1.78. The third-order valence-electron chi connectivity index (χ3n) is 3.59. The first-order chi connectivity index (χ1) is 4.73. The molecule has 1 N–H and O–H groups in total. The molecule has 2 aliphatic heterocycles. The van der Waals surface area contributed by atoms with Gasteiger partial charge in [-0.2, -0.15) is 0 Å². The molecule has 10 heavy (non-hydrogen) atoms. The molecule has 1 heteroatoms. The van der Waals surface area contributed by atoms with Crippen molar-refractivity contribution in [2.24, 2.45) is 11.3 Å². The Kier molecular flexibility index (Phi) is 1.31. The number of fused-ring (bicyclic) bond motifs is 2. The summed E-state index contributed by atoms with van der Waals surface area (Å²) in [5, 5.41) is 3.53. The molecule has 2 saturated heterocycles. The third-order valence-corrected chi connectivity index (χ3v) is 3.59. The van der Waals surface area contributed by atoms with E-state index in [1.807, 2.05) is 0 Å². The summed E-state index contributed by atoms with van der Waals surface area (Å²) >= 11 is 0. The predicted molar refractivity (Wildman–Crippen MR) is 42.9 cm³/mol. The van der Waals surface area contributed by atoms with Gasteiger partial charge in [0.25, 0.3) is 0 Å². The van der Waals surface area contributed by atoms with Crippen LogP contribution < -0.4 is 5.32 Å². The standard InChI is InChI=1S/C9H17N/c1-7(2)9-3-4-10-8(5-9)6-9/h7-8,10H,3-6H2,1-2H3. The fourth-order valence-corrected chi connectivity index (χ4v) is 2.56. The summed E-state index contributed by atoms with van der Waals surface area (Å²) in [7, 11) is 0. The summed E-state index contributed by atoms with van der Waals surface area (Å²) < 4.78 is 0. The molecule has 0 atom stereocenters. The van der Waals surface area contributed by atoms with Gasteiger partial charge in [-0.05, 0) is 37.1 Å². The van der Waals surface area contributed by atoms with Crippen LogP contribution in [0.1, 0.15) is 33.1 Å². The molecule has 0 amide bonds. The zero-order valence-corrected chi connectivity index (χ0v) is 6.98. The van der Waals surface area contributed by atoms with E-state index < -0.39 is 0 Å². The molecule has 0 spiro atoms. The molecule has 58 valence electrons. The number of rotatable bonds is 1. The molecule has 0 aromatic heterocycles. The fourth-order valence-electron chi connectivity index (χ4n) is 2.56. The van der Waals surface area contributed by atoms with Crippen LogP contribution in [0.3, 0.4) is 0 Å². The lowest BCUT2D eigenvalue weighted by molar-refractivity contribution is -0.0138. The minimum atomic E-state index is 0.760. The molecule has 1 aliphatic carbocycles. The van der Waals surface area contributed by atoms with E-state index in [4.69, 9.17) is 0 Å². The first kappa shape index (κ1) is 6.66. The van der Waals surface area contributed by atoms with Gasteiger partial charge in [0.2, 0.25) is 0 Å². The van der Waals surface area contributed by atoms with Gasteiger partial charge < -0.3 is 5.32 Å². The normalized spacial score (nSPS) is 45.3. The first-order valence-corrected chi connectivity index (χ1v) is 4.46. The van der Waals surface area contributed by atoms with Gasteiger partial charge in [-0.1, -0.05) is 13.8 Å². The molecule has 2 heterocycles. The van der Waals surface area contributed by atoms with Gasteiger partial charge in [-0.3, -0.25) is 0 Å². The van der Waals surface area contributed by atoms with Gasteiger partial charge in [0.15, 0.2) is 0 Å². The second-order valence-electron chi connectivity index (χ2n) is 4.33. The van der Waals surface area contributed by atoms with Gasteiger partial charge in [0.1, 0.15) is 0 Å². The molecule has 0 unspecified atom stereocenters. The van der Waals surface area contributed by atoms with Gasteiger partial charge in [0.05, 0.1) is 0 Å². The van der Waals surface area contributed by atoms with Gasteiger partial charge in [0, 0.05) is 6.04 Å². The summed E-state index contributed by atoms with van der Waals surface area (Å²) in [6.07, 6.45) is 4.32. The summed E-state index contributed by atoms with van der Waals surface area (Å²) in [6, 6.07) is 0.885. The lowest BCUT2D eigenvalue weighted by Crippen LogP contribution is -2.57. The maximum atomic E-state index is 3.53. The van der Waals surface area contributed by atoms with E-state index in [9.17, 15) is 0 Å². The minimum Gasteiger partial charge on any atom is -0.314 e. The topological polar surface area (TPSA) is 12.0 Å². The number of piperidine rings is 2. The van der Waals surface area contributed by atoms with Crippen LogP contribution >= 0.6 is 0 Å². The van der Waals surface area contributed by atoms with Crippen LogP contribution in [0.5, 0.6) is 0 Å². The lowest BCUT2D eigenvalue weighted by atomic mass is 9.56. The molecule has 0 radical (unpaired) electrons. The van der Waals surface area contributed by atoms with Crippen molar-refractivity contribution in [1.29, 1.82) is 0 Å². The van der Waals surface area contributed by atoms with Crippen molar-refractivity contribution in [1.82, 2.24) is 5.32 Å². The second kappa shape index (κ2) is 1.97. The molecule has 3 aliphatic rings. The number of hydrogen-bond donors (Lipinski definition) is 1. The quantitative estimate of drug-likeness (QED) is 0.584. The van der Waals surface area contributed by atoms with Crippen molar-refractivity contribution in [3.8, 4) is 0 Å². The average Bonchev–Trinajstić information content (AvgIpc) is 1.87. The minimum absolute atomic E-state index is 0.760. The summed E-state index contributed by atoms with van der Waals surface area (Å²) in [5.74, 6) is 0.908. The van der Waals surface area contributed by atoms with Gasteiger partial charge in [-0.25, -0.2) is 0 Å². The van der Waals surface area contributed by atoms with Gasteiger partial charge in [-0.15, -0.1) is 0 Å². The highest BCUT2D eigenvalue weighted by Crippen LogP contribution is 2.51. The van der Waals surface area contributed by atoms with Crippen LogP contribution in [0, 0.1) is 11.3 Å². The molecule has 0 aromatic carbocycles. The van der Waals surface area contributed by atoms with E-state index in [-0.39, 0.29) is 0 Å². The average molecular weight is 139 g/mol. The van der Waals surface area contributed by atoms with Crippen LogP contribution in [0.2, 0.25) is 0 Å². The second-order valence-corrected chi connectivity index (χ2v) is 4.33. The van der Waals surface area contributed by atoms with Crippen molar-refractivity contribution in [2.45, 2.75) is 39.2 Å². The Morgan fingerprint density at radius 1 is 1.40 bits per heavy atom. The lowest BCUT2D eigenvalue weighted by Gasteiger charge is -2.55. The van der Waals surface area contributed by atoms with E-state index in [1.165, 1.54) is 25.8 Å². The number of nitrogens with one attached hydrogen (secondary N) is 1. The van der Waals surface area contributed by atoms with Crippen molar-refractivity contribution >= 4 is 0 Å². The Morgan fingerprint density at radius 3 is 2.40 bits per heavy atom. The fraction of sp³-hybridized carbons (Fsp3) is 1.00. The summed E-state index contributed by atoms with van der Waals surface area (Å²) in [4.78, 5) is 0. The molecule has 1 saturated carbocycles. The van der Waals surface area contributed by atoms with Crippen LogP contribution in [0.25, 0.3) is 0 Å². The van der Waals surface area contributed by atoms with Crippen LogP contribution in [-0.4, -0.2) is 12.6 Å². The molecule has 0 aromatic rings. The van der Waals surface area contributed by atoms with E-state index in [0.29, 0.717) is 0 Å². The Hall–Kier alpha value is -0.0400. The Morgan fingerprint density at radius 2 is 2.10 bits per heavy atom. The molecule has 3 fully saturated rings. The van der Waals surface area contributed by atoms with Crippen molar-refractivity contribution in [2.75, 3.05) is 6.54 Å². The number of hydrogen-bond acceptors (Lipinski definition) is 1.